The van der Waals surface area contributed by atoms with E-state index >= 15 is 0 Å². The third kappa shape index (κ3) is 1.83. The number of Topliss-reactive ketones (excluding diaryl/α,β-unsaturated/α-hetero) is 1. The van der Waals surface area contributed by atoms with Gasteiger partial charge >= 0.3 is 0 Å². The van der Waals surface area contributed by atoms with Crippen molar-refractivity contribution in [3.63, 3.8) is 0 Å². The molecule has 0 aliphatic heterocycles. The lowest BCUT2D eigenvalue weighted by molar-refractivity contribution is 0.0854. The molecule has 0 bridgehead atoms. The van der Waals surface area contributed by atoms with Gasteiger partial charge in [-0.3, -0.25) is 4.79 Å². The van der Waals surface area contributed by atoms with Gasteiger partial charge in [-0.2, -0.15) is 0 Å². The summed E-state index contributed by atoms with van der Waals surface area (Å²) in [5.74, 6) is 0.674. The van der Waals surface area contributed by atoms with E-state index in [1.165, 1.54) is 17.5 Å². The number of hydrogen-bond donors (Lipinski definition) is 0. The van der Waals surface area contributed by atoms with Crippen LogP contribution >= 0.6 is 0 Å². The van der Waals surface area contributed by atoms with E-state index in [1.807, 2.05) is 6.92 Å². The SMILES string of the molecule is Cc1cc(C)c(C(=O)C2CCC2)cc1C. The first-order valence-corrected chi connectivity index (χ1v) is 5.71. The van der Waals surface area contributed by atoms with Crippen LogP contribution in [0, 0.1) is 26.7 Å². The molecule has 0 atom stereocenters. The van der Waals surface area contributed by atoms with Gasteiger partial charge in [0.05, 0.1) is 0 Å². The summed E-state index contributed by atoms with van der Waals surface area (Å²) in [5.41, 5.74) is 4.58. The fourth-order valence-electron chi connectivity index (χ4n) is 2.12. The molecule has 0 N–H and O–H groups in total. The van der Waals surface area contributed by atoms with Crippen LogP contribution < -0.4 is 0 Å². The highest BCUT2D eigenvalue weighted by molar-refractivity contribution is 5.99. The minimum absolute atomic E-state index is 0.311. The van der Waals surface area contributed by atoms with Crippen molar-refractivity contribution in [1.29, 1.82) is 0 Å². The molecule has 0 amide bonds. The van der Waals surface area contributed by atoms with Crippen molar-refractivity contribution in [2.75, 3.05) is 0 Å². The van der Waals surface area contributed by atoms with Gasteiger partial charge in [-0.25, -0.2) is 0 Å². The fraction of sp³-hybridized carbons (Fsp3) is 0.500. The van der Waals surface area contributed by atoms with E-state index in [0.717, 1.165) is 24.0 Å². The van der Waals surface area contributed by atoms with Crippen molar-refractivity contribution in [3.8, 4) is 0 Å². The Kier molecular flexibility index (Phi) is 2.64. The fourth-order valence-corrected chi connectivity index (χ4v) is 2.12. The zero-order valence-electron chi connectivity index (χ0n) is 9.76. The number of carbonyl (C=O) groups excluding carboxylic acids is 1. The Bertz CT molecular complexity index is 400. The first kappa shape index (κ1) is 10.4. The van der Waals surface area contributed by atoms with Crippen LogP contribution in [0.4, 0.5) is 0 Å². The molecule has 0 heterocycles. The van der Waals surface area contributed by atoms with Crippen LogP contribution in [0.1, 0.15) is 46.3 Å². The second kappa shape index (κ2) is 3.80. The highest BCUT2D eigenvalue weighted by Crippen LogP contribution is 2.31. The quantitative estimate of drug-likeness (QED) is 0.670. The summed E-state index contributed by atoms with van der Waals surface area (Å²) in [4.78, 5) is 12.1. The van der Waals surface area contributed by atoms with Gasteiger partial charge < -0.3 is 0 Å². The first-order chi connectivity index (χ1) is 7.09. The molecule has 0 saturated heterocycles. The van der Waals surface area contributed by atoms with Crippen LogP contribution in [0.5, 0.6) is 0 Å². The molecule has 2 rings (SSSR count). The van der Waals surface area contributed by atoms with Gasteiger partial charge in [0.2, 0.25) is 0 Å². The third-order valence-corrected chi connectivity index (χ3v) is 3.58. The lowest BCUT2D eigenvalue weighted by atomic mass is 9.78. The molecule has 1 aliphatic carbocycles. The number of benzene rings is 1. The molecule has 15 heavy (non-hydrogen) atoms. The molecule has 1 heteroatoms. The van der Waals surface area contributed by atoms with Crippen LogP contribution in [-0.4, -0.2) is 5.78 Å². The van der Waals surface area contributed by atoms with Gasteiger partial charge in [-0.1, -0.05) is 12.5 Å². The Morgan fingerprint density at radius 3 is 2.20 bits per heavy atom. The molecule has 1 nitrogen and oxygen atoms in total. The summed E-state index contributed by atoms with van der Waals surface area (Å²) < 4.78 is 0. The van der Waals surface area contributed by atoms with Gasteiger partial charge in [0.15, 0.2) is 5.78 Å². The zero-order valence-corrected chi connectivity index (χ0v) is 9.76. The number of rotatable bonds is 2. The minimum Gasteiger partial charge on any atom is -0.294 e. The summed E-state index contributed by atoms with van der Waals surface area (Å²) >= 11 is 0. The van der Waals surface area contributed by atoms with Gasteiger partial charge in [-0.15, -0.1) is 0 Å². The smallest absolute Gasteiger partial charge is 0.166 e. The van der Waals surface area contributed by atoms with Gasteiger partial charge in [0.1, 0.15) is 0 Å². The highest BCUT2D eigenvalue weighted by atomic mass is 16.1. The van der Waals surface area contributed by atoms with Gasteiger partial charge in [0.25, 0.3) is 0 Å². The molecule has 0 radical (unpaired) electrons. The number of ketones is 1. The number of aryl methyl sites for hydroxylation is 3. The van der Waals surface area contributed by atoms with Gasteiger partial charge in [-0.05, 0) is 56.4 Å². The Balaban J connectivity index is 2.34. The zero-order chi connectivity index (χ0) is 11.0. The van der Waals surface area contributed by atoms with Crippen LogP contribution in [0.25, 0.3) is 0 Å². The van der Waals surface area contributed by atoms with E-state index in [0.29, 0.717) is 11.7 Å². The normalized spacial score (nSPS) is 16.2. The molecule has 0 aromatic heterocycles. The number of hydrogen-bond acceptors (Lipinski definition) is 1. The maximum absolute atomic E-state index is 12.1. The van der Waals surface area contributed by atoms with Gasteiger partial charge in [0, 0.05) is 11.5 Å². The van der Waals surface area contributed by atoms with Crippen molar-refractivity contribution in [1.82, 2.24) is 0 Å². The predicted octanol–water partition coefficient (Wildman–Crippen LogP) is 3.59. The van der Waals surface area contributed by atoms with E-state index in [1.54, 1.807) is 0 Å². The third-order valence-electron chi connectivity index (χ3n) is 3.58. The monoisotopic (exact) mass is 202 g/mol. The van der Waals surface area contributed by atoms with Crippen molar-refractivity contribution in [3.05, 3.63) is 34.4 Å². The average molecular weight is 202 g/mol. The minimum atomic E-state index is 0.311. The van der Waals surface area contributed by atoms with E-state index < -0.39 is 0 Å². The molecular weight excluding hydrogens is 184 g/mol. The summed E-state index contributed by atoms with van der Waals surface area (Å²) in [5, 5.41) is 0. The molecule has 0 unspecified atom stereocenters. The van der Waals surface area contributed by atoms with Crippen LogP contribution in [-0.2, 0) is 0 Å². The lowest BCUT2D eigenvalue weighted by Crippen LogP contribution is -2.22. The van der Waals surface area contributed by atoms with Crippen LogP contribution in [0.3, 0.4) is 0 Å². The maximum atomic E-state index is 12.1. The first-order valence-electron chi connectivity index (χ1n) is 5.71. The van der Waals surface area contributed by atoms with Crippen molar-refractivity contribution in [2.45, 2.75) is 40.0 Å². The second-order valence-electron chi connectivity index (χ2n) is 4.74. The van der Waals surface area contributed by atoms with E-state index in [2.05, 4.69) is 26.0 Å². The molecular formula is C14H18O. The van der Waals surface area contributed by atoms with E-state index in [9.17, 15) is 4.79 Å². The van der Waals surface area contributed by atoms with E-state index in [4.69, 9.17) is 0 Å². The molecule has 1 aromatic rings. The Morgan fingerprint density at radius 2 is 1.67 bits per heavy atom. The Hall–Kier alpha value is -1.11. The molecule has 80 valence electrons. The highest BCUT2D eigenvalue weighted by Gasteiger charge is 2.27. The summed E-state index contributed by atoms with van der Waals surface area (Å²) in [7, 11) is 0. The molecule has 1 fully saturated rings. The predicted molar refractivity (Wildman–Crippen MR) is 62.3 cm³/mol. The van der Waals surface area contributed by atoms with Crippen LogP contribution in [0.15, 0.2) is 12.1 Å². The average Bonchev–Trinajstić information content (AvgIpc) is 2.08. The molecule has 1 saturated carbocycles. The van der Waals surface area contributed by atoms with Crippen molar-refractivity contribution >= 4 is 5.78 Å². The second-order valence-corrected chi connectivity index (χ2v) is 4.74. The summed E-state index contributed by atoms with van der Waals surface area (Å²) in [6.45, 7) is 6.21. The molecule has 0 spiro atoms. The van der Waals surface area contributed by atoms with Crippen molar-refractivity contribution < 1.29 is 4.79 Å². The lowest BCUT2D eigenvalue weighted by Gasteiger charge is -2.24. The van der Waals surface area contributed by atoms with E-state index in [-0.39, 0.29) is 0 Å². The van der Waals surface area contributed by atoms with Crippen molar-refractivity contribution in [2.24, 2.45) is 5.92 Å². The standard InChI is InChI=1S/C14H18O/c1-9-7-11(3)13(8-10(9)2)14(15)12-5-4-6-12/h7-8,12H,4-6H2,1-3H3. The Morgan fingerprint density at radius 1 is 1.07 bits per heavy atom. The largest absolute Gasteiger partial charge is 0.294 e. The molecule has 1 aliphatic rings. The summed E-state index contributed by atoms with van der Waals surface area (Å²) in [6, 6.07) is 4.19. The Labute approximate surface area is 91.5 Å². The van der Waals surface area contributed by atoms with Crippen LogP contribution in [0.2, 0.25) is 0 Å². The maximum Gasteiger partial charge on any atom is 0.166 e. The molecule has 1 aromatic carbocycles. The topological polar surface area (TPSA) is 17.1 Å². The number of carbonyl (C=O) groups is 1. The summed E-state index contributed by atoms with van der Waals surface area (Å²) in [6.07, 6.45) is 3.40.